The molecule has 9 heavy (non-hydrogen) atoms. The van der Waals surface area contributed by atoms with E-state index >= 15 is 0 Å². The van der Waals surface area contributed by atoms with Crippen molar-refractivity contribution in [1.29, 1.82) is 0 Å². The van der Waals surface area contributed by atoms with Gasteiger partial charge in [-0.15, -0.1) is 0 Å². The number of hydrogen-bond donors (Lipinski definition) is 0. The first-order valence-corrected chi connectivity index (χ1v) is 2.38. The van der Waals surface area contributed by atoms with E-state index in [1.54, 1.807) is 0 Å². The Kier molecular flexibility index (Phi) is 150. The van der Waals surface area contributed by atoms with Crippen LogP contribution in [0, 0.1) is 0 Å². The summed E-state index contributed by atoms with van der Waals surface area (Å²) >= 11 is -1.44. The standard InChI is InChI=1S/2Fe.4H2O.3O/h;;4*1H2;;;. The molecule has 0 amide bonds. The molecule has 0 heterocycles. The summed E-state index contributed by atoms with van der Waals surface area (Å²) in [5.74, 6) is 0. The molecule has 0 unspecified atom stereocenters. The summed E-state index contributed by atoms with van der Waals surface area (Å²) in [6.45, 7) is 0. The quantitative estimate of drug-likeness (QED) is 0.448. The number of rotatable bonds is 2. The van der Waals surface area contributed by atoms with Gasteiger partial charge in [0, 0.05) is 0 Å². The van der Waals surface area contributed by atoms with E-state index in [2.05, 4.69) is 2.90 Å². The third kappa shape index (κ3) is 58.8. The SMILES string of the molecule is O.O.O.O.[O]=[Fe][O][Fe]=[O]. The van der Waals surface area contributed by atoms with Gasteiger partial charge in [-0.05, 0) is 0 Å². The minimum atomic E-state index is -0.719. The van der Waals surface area contributed by atoms with E-state index in [0.717, 1.165) is 0 Å². The van der Waals surface area contributed by atoms with Gasteiger partial charge in [-0.3, -0.25) is 0 Å². The zero-order chi connectivity index (χ0) is 4.12. The molecule has 66 valence electrons. The van der Waals surface area contributed by atoms with Crippen molar-refractivity contribution < 1.29 is 62.9 Å². The first kappa shape index (κ1) is 34.1. The molecule has 7 nitrogen and oxygen atoms in total. The molecule has 0 aliphatic carbocycles. The zero-order valence-corrected chi connectivity index (χ0v) is 6.14. The van der Waals surface area contributed by atoms with Gasteiger partial charge in [-0.2, -0.15) is 0 Å². The Bertz CT molecular complexity index is 36.2. The zero-order valence-electron chi connectivity index (χ0n) is 3.93. The Labute approximate surface area is 63.4 Å². The van der Waals surface area contributed by atoms with Crippen molar-refractivity contribution in [3.63, 3.8) is 0 Å². The van der Waals surface area contributed by atoms with Crippen LogP contribution in [0.15, 0.2) is 0 Å². The molecule has 0 saturated carbocycles. The second-order valence-corrected chi connectivity index (χ2v) is 1.35. The molecule has 0 bridgehead atoms. The molecule has 0 spiro atoms. The molecule has 0 fully saturated rings. The second kappa shape index (κ2) is 39.5. The minimum absolute atomic E-state index is 0. The normalized spacial score (nSPS) is 4.44. The molecule has 9 heteroatoms. The van der Waals surface area contributed by atoms with Crippen LogP contribution in [0.5, 0.6) is 0 Å². The van der Waals surface area contributed by atoms with Crippen LogP contribution in [0.25, 0.3) is 0 Å². The molecule has 0 aromatic carbocycles. The Balaban J connectivity index is -0.0000000133. The molecule has 0 atom stereocenters. The van der Waals surface area contributed by atoms with Crippen molar-refractivity contribution in [2.45, 2.75) is 0 Å². The van der Waals surface area contributed by atoms with Gasteiger partial charge < -0.3 is 21.9 Å². The second-order valence-electron chi connectivity index (χ2n) is 0.169. The van der Waals surface area contributed by atoms with Crippen LogP contribution in [0.2, 0.25) is 0 Å². The average Bonchev–Trinajstić information content (AvgIpc) is 1.41. The first-order chi connectivity index (χ1) is 2.41. The van der Waals surface area contributed by atoms with Crippen LogP contribution in [0.4, 0.5) is 0 Å². The van der Waals surface area contributed by atoms with E-state index in [1.165, 1.54) is 0 Å². The van der Waals surface area contributed by atoms with E-state index in [4.69, 9.17) is 7.67 Å². The van der Waals surface area contributed by atoms with Crippen molar-refractivity contribution in [3.8, 4) is 0 Å². The molecule has 0 saturated heterocycles. The predicted octanol–water partition coefficient (Wildman–Crippen LogP) is -3.61. The van der Waals surface area contributed by atoms with Crippen molar-refractivity contribution in [1.82, 2.24) is 0 Å². The summed E-state index contributed by atoms with van der Waals surface area (Å²) < 4.78 is 21.9. The fourth-order valence-corrected chi connectivity index (χ4v) is 0.145. The summed E-state index contributed by atoms with van der Waals surface area (Å²) in [7, 11) is 0. The number of hydrogen-bond acceptors (Lipinski definition) is 3. The molecular formula is H8Fe2O7. The van der Waals surface area contributed by atoms with Crippen LogP contribution in [-0.4, -0.2) is 21.9 Å². The van der Waals surface area contributed by atoms with Gasteiger partial charge in [-0.25, -0.2) is 0 Å². The summed E-state index contributed by atoms with van der Waals surface area (Å²) in [5.41, 5.74) is 0. The van der Waals surface area contributed by atoms with Crippen LogP contribution >= 0.6 is 0 Å². The van der Waals surface area contributed by atoms with Gasteiger partial charge in [0.05, 0.1) is 0 Å². The molecule has 0 rings (SSSR count). The monoisotopic (exact) mass is 232 g/mol. The Morgan fingerprint density at radius 1 is 0.778 bits per heavy atom. The molecule has 0 aliphatic heterocycles. The van der Waals surface area contributed by atoms with E-state index in [-0.39, 0.29) is 21.9 Å². The van der Waals surface area contributed by atoms with Crippen LogP contribution in [0.1, 0.15) is 0 Å². The maximum absolute atomic E-state index is 9.11. The topological polar surface area (TPSA) is 169 Å². The van der Waals surface area contributed by atoms with Gasteiger partial charge in [0.25, 0.3) is 0 Å². The van der Waals surface area contributed by atoms with E-state index in [1.807, 2.05) is 0 Å². The fraction of sp³-hybridized carbons (Fsp3) is 0. The predicted molar refractivity (Wildman–Crippen MR) is 16.9 cm³/mol. The third-order valence-electron chi connectivity index (χ3n) is 0.0417. The van der Waals surface area contributed by atoms with E-state index in [0.29, 0.717) is 0 Å². The molecule has 0 aromatic rings. The first-order valence-electron chi connectivity index (χ1n) is 0.577. The molecule has 0 radical (unpaired) electrons. The van der Waals surface area contributed by atoms with Crippen LogP contribution < -0.4 is 0 Å². The maximum atomic E-state index is 9.11. The molecule has 0 aliphatic rings. The van der Waals surface area contributed by atoms with Gasteiger partial charge in [-0.1, -0.05) is 0 Å². The van der Waals surface area contributed by atoms with Crippen molar-refractivity contribution in [2.24, 2.45) is 0 Å². The van der Waals surface area contributed by atoms with Gasteiger partial charge in [0.1, 0.15) is 0 Å². The Hall–Kier alpha value is 0.439. The molecule has 0 aromatic heterocycles. The van der Waals surface area contributed by atoms with Crippen molar-refractivity contribution in [3.05, 3.63) is 0 Å². The summed E-state index contributed by atoms with van der Waals surface area (Å²) in [4.78, 5) is 0. The van der Waals surface area contributed by atoms with Gasteiger partial charge in [0.15, 0.2) is 0 Å². The summed E-state index contributed by atoms with van der Waals surface area (Å²) in [6.07, 6.45) is 0. The molecular weight excluding hydrogens is 224 g/mol. The Morgan fingerprint density at radius 2 is 1.00 bits per heavy atom. The van der Waals surface area contributed by atoms with Crippen LogP contribution in [0.3, 0.4) is 0 Å². The fourth-order valence-electron chi connectivity index (χ4n) is 0.00851. The summed E-state index contributed by atoms with van der Waals surface area (Å²) in [6, 6.07) is 0. The van der Waals surface area contributed by atoms with Crippen molar-refractivity contribution in [2.75, 3.05) is 0 Å². The van der Waals surface area contributed by atoms with Gasteiger partial charge in [0.2, 0.25) is 0 Å². The Morgan fingerprint density at radius 3 is 1.00 bits per heavy atom. The van der Waals surface area contributed by atoms with Crippen molar-refractivity contribution >= 4 is 0 Å². The van der Waals surface area contributed by atoms with E-state index < -0.39 is 30.4 Å². The molecule has 8 N–H and O–H groups in total. The van der Waals surface area contributed by atoms with E-state index in [9.17, 15) is 0 Å². The third-order valence-corrected chi connectivity index (χ3v) is 0.708. The average molecular weight is 232 g/mol. The van der Waals surface area contributed by atoms with Gasteiger partial charge >= 0.3 is 41.0 Å². The van der Waals surface area contributed by atoms with Crippen LogP contribution in [-0.2, 0) is 41.0 Å². The summed E-state index contributed by atoms with van der Waals surface area (Å²) in [5, 5.41) is 0.